The Morgan fingerprint density at radius 2 is 1.06 bits per heavy atom. The van der Waals surface area contributed by atoms with E-state index >= 15 is 0 Å². The molecular weight excluding hydrogens is 709 g/mol. The van der Waals surface area contributed by atoms with Gasteiger partial charge in [0.15, 0.2) is 0 Å². The third-order valence-corrected chi connectivity index (χ3v) is 10.1. The third-order valence-electron chi connectivity index (χ3n) is 8.15. The molecule has 0 radical (unpaired) electrons. The van der Waals surface area contributed by atoms with Crippen LogP contribution in [0.15, 0.2) is 84.9 Å². The van der Waals surface area contributed by atoms with Crippen molar-refractivity contribution >= 4 is 8.53 Å². The maximum Gasteiger partial charge on any atom is 0.292 e. The first-order valence-electron chi connectivity index (χ1n) is 18.7. The van der Waals surface area contributed by atoms with Gasteiger partial charge in [0, 0.05) is 18.6 Å². The number of hydrogen-bond acceptors (Lipinski definition) is 12. The van der Waals surface area contributed by atoms with Crippen LogP contribution in [0.5, 0.6) is 5.75 Å². The molecule has 0 fully saturated rings. The Hall–Kier alpha value is -3.02. The summed E-state index contributed by atoms with van der Waals surface area (Å²) < 4.78 is 47.3. The maximum atomic E-state index is 8.82. The molecule has 13 heteroatoms. The van der Waals surface area contributed by atoms with Crippen LogP contribution >= 0.6 is 8.53 Å². The van der Waals surface area contributed by atoms with Gasteiger partial charge in [-0.25, -0.2) is 9.56 Å². The molecule has 0 amide bonds. The zero-order valence-electron chi connectivity index (χ0n) is 32.7. The molecule has 0 bridgehead atoms. The highest BCUT2D eigenvalue weighted by molar-refractivity contribution is 7.44. The van der Waals surface area contributed by atoms with Gasteiger partial charge in [-0.05, 0) is 56.5 Å². The van der Waals surface area contributed by atoms with Crippen molar-refractivity contribution in [2.75, 3.05) is 92.9 Å². The number of benzene rings is 3. The Balaban J connectivity index is 1.23. The number of nitrogens with one attached hydrogen (secondary N) is 1. The largest absolute Gasteiger partial charge is 0.497 e. The summed E-state index contributed by atoms with van der Waals surface area (Å²) in [5.41, 5.74) is 2.82. The lowest BCUT2D eigenvalue weighted by Gasteiger charge is -2.37. The van der Waals surface area contributed by atoms with Crippen molar-refractivity contribution in [3.05, 3.63) is 102 Å². The fourth-order valence-electron chi connectivity index (χ4n) is 5.76. The summed E-state index contributed by atoms with van der Waals surface area (Å²) in [6, 6.07) is 31.7. The molecule has 54 heavy (non-hydrogen) atoms. The second kappa shape index (κ2) is 27.5. The van der Waals surface area contributed by atoms with Crippen molar-refractivity contribution in [1.82, 2.24) is 9.99 Å². The molecule has 0 aliphatic heterocycles. The van der Waals surface area contributed by atoms with Crippen LogP contribution in [-0.2, 0) is 43.3 Å². The number of nitrogens with zero attached hydrogens (tertiary/aromatic N) is 2. The molecule has 3 rings (SSSR count). The van der Waals surface area contributed by atoms with Gasteiger partial charge in [0.25, 0.3) is 8.53 Å². The standard InChI is InChI=1S/C41H60N3O9P/c1-35(2)44(36(3)4)54(52-23-12-21-42)53-51-34-33-50-32-31-49-30-29-48-28-27-47-26-25-46-24-22-43-41(37-13-8-6-9-14-37,38-15-10-7-11-16-38)39-17-19-40(45-5)20-18-39/h6-11,13-20,35-36,43H,12,22-34H2,1-5H3. The van der Waals surface area contributed by atoms with Crippen LogP contribution < -0.4 is 10.1 Å². The molecular formula is C41H60N3O9P. The molecule has 12 nitrogen and oxygen atoms in total. The van der Waals surface area contributed by atoms with Crippen molar-refractivity contribution in [2.45, 2.75) is 51.7 Å². The van der Waals surface area contributed by atoms with Gasteiger partial charge in [0.1, 0.15) is 12.4 Å². The van der Waals surface area contributed by atoms with E-state index in [2.05, 4.69) is 104 Å². The summed E-state index contributed by atoms with van der Waals surface area (Å²) in [6.07, 6.45) is 0.295. The van der Waals surface area contributed by atoms with Gasteiger partial charge in [-0.2, -0.15) is 9.94 Å². The average Bonchev–Trinajstić information content (AvgIpc) is 3.19. The van der Waals surface area contributed by atoms with Gasteiger partial charge >= 0.3 is 0 Å². The van der Waals surface area contributed by atoms with E-state index in [0.29, 0.717) is 85.6 Å². The van der Waals surface area contributed by atoms with E-state index in [1.54, 1.807) is 7.11 Å². The molecule has 1 atom stereocenters. The molecule has 0 aromatic heterocycles. The topological polar surface area (TPSA) is 122 Å². The lowest BCUT2D eigenvalue weighted by atomic mass is 9.77. The Kier molecular flexibility index (Phi) is 23.1. The minimum Gasteiger partial charge on any atom is -0.497 e. The Bertz CT molecular complexity index is 1350. The van der Waals surface area contributed by atoms with Gasteiger partial charge in [-0.1, -0.05) is 72.8 Å². The van der Waals surface area contributed by atoms with E-state index in [1.165, 1.54) is 0 Å². The maximum absolute atomic E-state index is 8.82. The molecule has 0 spiro atoms. The Morgan fingerprint density at radius 1 is 0.611 bits per heavy atom. The van der Waals surface area contributed by atoms with Crippen LogP contribution in [0.25, 0.3) is 0 Å². The fourth-order valence-corrected chi connectivity index (χ4v) is 7.18. The molecule has 0 heterocycles. The Labute approximate surface area is 323 Å². The summed E-state index contributed by atoms with van der Waals surface area (Å²) in [7, 11) is 0.240. The van der Waals surface area contributed by atoms with E-state index in [1.807, 2.05) is 24.3 Å². The lowest BCUT2D eigenvalue weighted by molar-refractivity contribution is -0.222. The van der Waals surface area contributed by atoms with Gasteiger partial charge in [-0.15, -0.1) is 0 Å². The SMILES string of the molecule is COc1ccc(C(NCCOCCOCCOCCOCCOCCOOP(OCCC#N)N(C(C)C)C(C)C)(c2ccccc2)c2ccccc2)cc1. The summed E-state index contributed by atoms with van der Waals surface area (Å²) in [4.78, 5) is 5.36. The van der Waals surface area contributed by atoms with Crippen molar-refractivity contribution in [3.8, 4) is 11.8 Å². The highest BCUT2D eigenvalue weighted by Gasteiger charge is 2.35. The average molecular weight is 770 g/mol. The molecule has 3 aromatic rings. The first-order chi connectivity index (χ1) is 26.4. The van der Waals surface area contributed by atoms with Crippen LogP contribution in [0.1, 0.15) is 50.8 Å². The monoisotopic (exact) mass is 769 g/mol. The number of rotatable bonds is 31. The molecule has 0 aliphatic rings. The zero-order chi connectivity index (χ0) is 38.7. The molecule has 1 unspecified atom stereocenters. The lowest BCUT2D eigenvalue weighted by Crippen LogP contribution is -2.46. The highest BCUT2D eigenvalue weighted by Crippen LogP contribution is 2.46. The second-order valence-electron chi connectivity index (χ2n) is 12.6. The Morgan fingerprint density at radius 3 is 1.50 bits per heavy atom. The first kappa shape index (κ1) is 45.4. The van der Waals surface area contributed by atoms with E-state index in [0.717, 1.165) is 22.4 Å². The first-order valence-corrected chi connectivity index (χ1v) is 19.8. The second-order valence-corrected chi connectivity index (χ2v) is 14.0. The summed E-state index contributed by atoms with van der Waals surface area (Å²) in [6.45, 7) is 14.1. The number of ether oxygens (including phenoxy) is 6. The van der Waals surface area contributed by atoms with Crippen LogP contribution in [0.3, 0.4) is 0 Å². The van der Waals surface area contributed by atoms with Crippen molar-refractivity contribution in [1.29, 1.82) is 5.26 Å². The number of methoxy groups -OCH3 is 1. The molecule has 0 saturated heterocycles. The molecule has 298 valence electrons. The normalized spacial score (nSPS) is 12.4. The van der Waals surface area contributed by atoms with E-state index in [9.17, 15) is 0 Å². The molecule has 3 aromatic carbocycles. The highest BCUT2D eigenvalue weighted by atomic mass is 31.2. The predicted molar refractivity (Wildman–Crippen MR) is 210 cm³/mol. The predicted octanol–water partition coefficient (Wildman–Crippen LogP) is 6.88. The smallest absolute Gasteiger partial charge is 0.292 e. The molecule has 0 saturated carbocycles. The summed E-state index contributed by atoms with van der Waals surface area (Å²) in [5.74, 6) is 0.814. The van der Waals surface area contributed by atoms with Crippen molar-refractivity contribution in [2.24, 2.45) is 0 Å². The number of hydrogen-bond donors (Lipinski definition) is 1. The quantitative estimate of drug-likeness (QED) is 0.0241. The van der Waals surface area contributed by atoms with Crippen LogP contribution in [0.2, 0.25) is 0 Å². The van der Waals surface area contributed by atoms with E-state index < -0.39 is 14.1 Å². The van der Waals surface area contributed by atoms with Gasteiger partial charge in [-0.3, -0.25) is 5.32 Å². The molecule has 0 aliphatic carbocycles. The van der Waals surface area contributed by atoms with Gasteiger partial charge < -0.3 is 32.9 Å². The fraction of sp³-hybridized carbons (Fsp3) is 0.537. The van der Waals surface area contributed by atoms with Gasteiger partial charge in [0.2, 0.25) is 0 Å². The number of nitriles is 1. The summed E-state index contributed by atoms with van der Waals surface area (Å²) in [5, 5.41) is 12.6. The van der Waals surface area contributed by atoms with Crippen LogP contribution in [-0.4, -0.2) is 110 Å². The van der Waals surface area contributed by atoms with Crippen molar-refractivity contribution in [3.63, 3.8) is 0 Å². The minimum absolute atomic E-state index is 0.200. The van der Waals surface area contributed by atoms with E-state index in [-0.39, 0.29) is 18.7 Å². The van der Waals surface area contributed by atoms with Crippen molar-refractivity contribution < 1.29 is 42.5 Å². The third kappa shape index (κ3) is 16.0. The minimum atomic E-state index is -1.44. The summed E-state index contributed by atoms with van der Waals surface area (Å²) >= 11 is 0. The zero-order valence-corrected chi connectivity index (χ0v) is 33.5. The van der Waals surface area contributed by atoms with E-state index in [4.69, 9.17) is 47.8 Å². The van der Waals surface area contributed by atoms with Gasteiger partial charge in [0.05, 0.1) is 97.8 Å². The van der Waals surface area contributed by atoms with Crippen LogP contribution in [0.4, 0.5) is 0 Å². The van der Waals surface area contributed by atoms with Crippen LogP contribution in [0, 0.1) is 11.3 Å². The molecule has 1 N–H and O–H groups in total.